The summed E-state index contributed by atoms with van der Waals surface area (Å²) >= 11 is 0. The summed E-state index contributed by atoms with van der Waals surface area (Å²) in [5.41, 5.74) is 8.72. The molecule has 0 heterocycles. The lowest BCUT2D eigenvalue weighted by Gasteiger charge is -2.14. The summed E-state index contributed by atoms with van der Waals surface area (Å²) in [6.07, 6.45) is 0. The molecule has 4 heteroatoms. The fourth-order valence-electron chi connectivity index (χ4n) is 2.82. The molecule has 0 unspecified atom stereocenters. The van der Waals surface area contributed by atoms with E-state index in [0.29, 0.717) is 12.3 Å². The van der Waals surface area contributed by atoms with Gasteiger partial charge in [-0.2, -0.15) is 0 Å². The van der Waals surface area contributed by atoms with Gasteiger partial charge in [-0.1, -0.05) is 60.2 Å². The quantitative estimate of drug-likeness (QED) is 0.697. The largest absolute Gasteiger partial charge is 0.483 e. The molecular formula is C21H22N2O2. The number of hydrogen-bond donors (Lipinski definition) is 2. The molecule has 1 amide bonds. The third kappa shape index (κ3) is 4.37. The lowest BCUT2D eigenvalue weighted by atomic mass is 10.0. The summed E-state index contributed by atoms with van der Waals surface area (Å²) < 4.78 is 5.61. The number of ether oxygens (including phenoxy) is 1. The van der Waals surface area contributed by atoms with Crippen molar-refractivity contribution in [2.75, 3.05) is 6.61 Å². The molecule has 128 valence electrons. The first-order valence-electron chi connectivity index (χ1n) is 8.31. The second kappa shape index (κ2) is 7.81. The van der Waals surface area contributed by atoms with Crippen LogP contribution in [-0.4, -0.2) is 12.5 Å². The summed E-state index contributed by atoms with van der Waals surface area (Å²) in [7, 11) is 0. The average molecular weight is 334 g/mol. The first-order valence-corrected chi connectivity index (χ1v) is 8.31. The van der Waals surface area contributed by atoms with Crippen LogP contribution >= 0.6 is 0 Å². The number of aryl methyl sites for hydroxylation is 1. The highest BCUT2D eigenvalue weighted by molar-refractivity contribution is 5.88. The number of amides is 1. The van der Waals surface area contributed by atoms with E-state index in [4.69, 9.17) is 10.5 Å². The Hall–Kier alpha value is -2.85. The number of benzene rings is 3. The van der Waals surface area contributed by atoms with Crippen molar-refractivity contribution in [3.8, 4) is 5.75 Å². The molecule has 3 aromatic rings. The first-order chi connectivity index (χ1) is 12.1. The van der Waals surface area contributed by atoms with E-state index in [1.165, 1.54) is 11.1 Å². The minimum atomic E-state index is -0.480. The summed E-state index contributed by atoms with van der Waals surface area (Å²) in [5, 5.41) is 5.71. The molecule has 4 nitrogen and oxygen atoms in total. The number of hydrogen-bond acceptors (Lipinski definition) is 3. The SMILES string of the molecule is Cc1ccc(CNCc2c(OCC(N)=O)ccc3ccccc23)cc1. The van der Waals surface area contributed by atoms with Gasteiger partial charge in [0.2, 0.25) is 0 Å². The van der Waals surface area contributed by atoms with Gasteiger partial charge in [-0.25, -0.2) is 0 Å². The van der Waals surface area contributed by atoms with Crippen molar-refractivity contribution in [3.63, 3.8) is 0 Å². The smallest absolute Gasteiger partial charge is 0.255 e. The summed E-state index contributed by atoms with van der Waals surface area (Å²) in [5.74, 6) is 0.209. The molecule has 0 aromatic heterocycles. The highest BCUT2D eigenvalue weighted by Gasteiger charge is 2.10. The second-order valence-corrected chi connectivity index (χ2v) is 6.11. The van der Waals surface area contributed by atoms with E-state index in [0.717, 1.165) is 22.9 Å². The molecule has 0 spiro atoms. The van der Waals surface area contributed by atoms with Crippen molar-refractivity contribution in [2.24, 2.45) is 5.73 Å². The van der Waals surface area contributed by atoms with E-state index >= 15 is 0 Å². The number of nitrogens with two attached hydrogens (primary N) is 1. The third-order valence-corrected chi connectivity index (χ3v) is 4.12. The van der Waals surface area contributed by atoms with Crippen LogP contribution in [0.3, 0.4) is 0 Å². The van der Waals surface area contributed by atoms with E-state index in [2.05, 4.69) is 48.6 Å². The van der Waals surface area contributed by atoms with Gasteiger partial charge >= 0.3 is 0 Å². The predicted molar refractivity (Wildman–Crippen MR) is 100 cm³/mol. The van der Waals surface area contributed by atoms with Crippen LogP contribution in [0.5, 0.6) is 5.75 Å². The lowest BCUT2D eigenvalue weighted by Crippen LogP contribution is -2.21. The highest BCUT2D eigenvalue weighted by Crippen LogP contribution is 2.28. The van der Waals surface area contributed by atoms with Crippen molar-refractivity contribution in [3.05, 3.63) is 77.4 Å². The van der Waals surface area contributed by atoms with Gasteiger partial charge in [0.25, 0.3) is 5.91 Å². The average Bonchev–Trinajstić information content (AvgIpc) is 2.62. The molecule has 0 aliphatic rings. The number of primary amides is 1. The lowest BCUT2D eigenvalue weighted by molar-refractivity contribution is -0.119. The molecule has 0 saturated heterocycles. The summed E-state index contributed by atoms with van der Waals surface area (Å²) in [6, 6.07) is 20.5. The van der Waals surface area contributed by atoms with Gasteiger partial charge < -0.3 is 15.8 Å². The standard InChI is InChI=1S/C21H22N2O2/c1-15-6-8-16(9-7-15)12-23-13-19-18-5-3-2-4-17(18)10-11-20(19)25-14-21(22)24/h2-11,23H,12-14H2,1H3,(H2,22,24). The molecular weight excluding hydrogens is 312 g/mol. The van der Waals surface area contributed by atoms with Gasteiger partial charge in [0.05, 0.1) is 0 Å². The van der Waals surface area contributed by atoms with E-state index in [1.807, 2.05) is 24.3 Å². The van der Waals surface area contributed by atoms with Crippen molar-refractivity contribution >= 4 is 16.7 Å². The molecule has 25 heavy (non-hydrogen) atoms. The van der Waals surface area contributed by atoms with Crippen LogP contribution in [0, 0.1) is 6.92 Å². The minimum absolute atomic E-state index is 0.122. The van der Waals surface area contributed by atoms with Crippen LogP contribution in [0.4, 0.5) is 0 Å². The molecule has 0 radical (unpaired) electrons. The Kier molecular flexibility index (Phi) is 5.31. The molecule has 0 bridgehead atoms. The van der Waals surface area contributed by atoms with Crippen molar-refractivity contribution in [1.29, 1.82) is 0 Å². The van der Waals surface area contributed by atoms with Gasteiger partial charge in [-0.15, -0.1) is 0 Å². The summed E-state index contributed by atoms with van der Waals surface area (Å²) in [4.78, 5) is 11.1. The number of carbonyl (C=O) groups excluding carboxylic acids is 1. The molecule has 0 aliphatic carbocycles. The summed E-state index contributed by atoms with van der Waals surface area (Å²) in [6.45, 7) is 3.36. The maximum atomic E-state index is 11.1. The molecule has 3 N–H and O–H groups in total. The Morgan fingerprint density at radius 2 is 1.76 bits per heavy atom. The Labute approximate surface area is 147 Å². The van der Waals surface area contributed by atoms with Crippen LogP contribution in [0.25, 0.3) is 10.8 Å². The monoisotopic (exact) mass is 334 g/mol. The Balaban J connectivity index is 1.80. The fourth-order valence-corrected chi connectivity index (χ4v) is 2.82. The van der Waals surface area contributed by atoms with Crippen LogP contribution in [0.15, 0.2) is 60.7 Å². The van der Waals surface area contributed by atoms with Gasteiger partial charge in [0.1, 0.15) is 5.75 Å². The predicted octanol–water partition coefficient (Wildman–Crippen LogP) is 3.30. The number of fused-ring (bicyclic) bond motifs is 1. The van der Waals surface area contributed by atoms with E-state index in [9.17, 15) is 4.79 Å². The first kappa shape index (κ1) is 17.0. The zero-order chi connectivity index (χ0) is 17.6. The van der Waals surface area contributed by atoms with Gasteiger partial charge in [0.15, 0.2) is 6.61 Å². The normalized spacial score (nSPS) is 10.8. The molecule has 0 atom stereocenters. The van der Waals surface area contributed by atoms with Crippen LogP contribution in [-0.2, 0) is 17.9 Å². The highest BCUT2D eigenvalue weighted by atomic mass is 16.5. The second-order valence-electron chi connectivity index (χ2n) is 6.11. The van der Waals surface area contributed by atoms with Gasteiger partial charge in [0, 0.05) is 18.7 Å². The maximum Gasteiger partial charge on any atom is 0.255 e. The number of rotatable bonds is 7. The van der Waals surface area contributed by atoms with Gasteiger partial charge in [-0.3, -0.25) is 4.79 Å². The fraction of sp³-hybridized carbons (Fsp3) is 0.190. The zero-order valence-electron chi connectivity index (χ0n) is 14.3. The Morgan fingerprint density at radius 1 is 1.00 bits per heavy atom. The Bertz CT molecular complexity index is 873. The van der Waals surface area contributed by atoms with Crippen LogP contribution in [0.2, 0.25) is 0 Å². The van der Waals surface area contributed by atoms with Crippen LogP contribution < -0.4 is 15.8 Å². The van der Waals surface area contributed by atoms with E-state index in [-0.39, 0.29) is 6.61 Å². The molecule has 0 fully saturated rings. The van der Waals surface area contributed by atoms with Crippen molar-refractivity contribution < 1.29 is 9.53 Å². The molecule has 0 saturated carbocycles. The Morgan fingerprint density at radius 3 is 2.52 bits per heavy atom. The van der Waals surface area contributed by atoms with Crippen molar-refractivity contribution in [1.82, 2.24) is 5.32 Å². The third-order valence-electron chi connectivity index (χ3n) is 4.12. The molecule has 3 rings (SSSR count). The molecule has 0 aliphatic heterocycles. The zero-order valence-corrected chi connectivity index (χ0v) is 14.3. The number of carbonyl (C=O) groups is 1. The van der Waals surface area contributed by atoms with Crippen molar-refractivity contribution in [2.45, 2.75) is 20.0 Å². The van der Waals surface area contributed by atoms with Gasteiger partial charge in [-0.05, 0) is 29.3 Å². The number of nitrogens with one attached hydrogen (secondary N) is 1. The minimum Gasteiger partial charge on any atom is -0.483 e. The van der Waals surface area contributed by atoms with E-state index < -0.39 is 5.91 Å². The van der Waals surface area contributed by atoms with Crippen LogP contribution in [0.1, 0.15) is 16.7 Å². The van der Waals surface area contributed by atoms with E-state index in [1.54, 1.807) is 0 Å². The topological polar surface area (TPSA) is 64.3 Å². The maximum absolute atomic E-state index is 11.1. The molecule has 3 aromatic carbocycles.